The van der Waals surface area contributed by atoms with Crippen LogP contribution in [0.15, 0.2) is 36.5 Å². The molecular weight excluding hydrogens is 342 g/mol. The summed E-state index contributed by atoms with van der Waals surface area (Å²) in [6.45, 7) is 1.85. The lowest BCUT2D eigenvalue weighted by molar-refractivity contribution is 0.102. The molecule has 9 heteroatoms. The minimum atomic E-state index is -3.44. The van der Waals surface area contributed by atoms with Gasteiger partial charge >= 0.3 is 0 Å². The van der Waals surface area contributed by atoms with Gasteiger partial charge in [-0.1, -0.05) is 12.1 Å². The van der Waals surface area contributed by atoms with Gasteiger partial charge in [0.15, 0.2) is 5.69 Å². The van der Waals surface area contributed by atoms with Crippen LogP contribution in [0.5, 0.6) is 0 Å². The first kappa shape index (κ1) is 17.4. The highest BCUT2D eigenvalue weighted by molar-refractivity contribution is 7.92. The van der Waals surface area contributed by atoms with Gasteiger partial charge in [-0.15, -0.1) is 0 Å². The predicted octanol–water partition coefficient (Wildman–Crippen LogP) is 1.43. The number of nitrogens with one attached hydrogen (secondary N) is 3. The fourth-order valence-corrected chi connectivity index (χ4v) is 3.37. The van der Waals surface area contributed by atoms with Gasteiger partial charge in [0.1, 0.15) is 0 Å². The molecule has 1 atom stereocenters. The van der Waals surface area contributed by atoms with Gasteiger partial charge in [-0.2, -0.15) is 5.10 Å². The maximum Gasteiger partial charge on any atom is 0.276 e. The molecule has 1 aromatic carbocycles. The highest BCUT2D eigenvalue weighted by atomic mass is 32.2. The van der Waals surface area contributed by atoms with Crippen molar-refractivity contribution in [2.24, 2.45) is 0 Å². The van der Waals surface area contributed by atoms with Crippen molar-refractivity contribution in [2.75, 3.05) is 29.4 Å². The van der Waals surface area contributed by atoms with Gasteiger partial charge in [0.05, 0.1) is 23.7 Å². The Morgan fingerprint density at radius 3 is 2.72 bits per heavy atom. The highest BCUT2D eigenvalue weighted by Crippen LogP contribution is 2.23. The number of carbonyl (C=O) groups is 1. The van der Waals surface area contributed by atoms with E-state index in [0.717, 1.165) is 32.2 Å². The minimum absolute atomic E-state index is 0.245. The van der Waals surface area contributed by atoms with Gasteiger partial charge in [-0.3, -0.25) is 14.2 Å². The summed E-state index contributed by atoms with van der Waals surface area (Å²) in [6, 6.07) is 8.53. The maximum atomic E-state index is 12.4. The highest BCUT2D eigenvalue weighted by Gasteiger charge is 2.18. The number of piperidine rings is 1. The van der Waals surface area contributed by atoms with Gasteiger partial charge < -0.3 is 10.6 Å². The smallest absolute Gasteiger partial charge is 0.276 e. The molecular formula is C16H21N5O3S. The normalized spacial score (nSPS) is 17.9. The van der Waals surface area contributed by atoms with E-state index in [9.17, 15) is 13.2 Å². The van der Waals surface area contributed by atoms with Gasteiger partial charge in [-0.05, 0) is 37.6 Å². The van der Waals surface area contributed by atoms with Crippen molar-refractivity contribution in [3.8, 4) is 0 Å². The summed E-state index contributed by atoms with van der Waals surface area (Å²) in [4.78, 5) is 12.4. The maximum absolute atomic E-state index is 12.4. The SMILES string of the molecule is CS(=O)(=O)Nc1ccccc1NC(=O)c1ccn(C2CCCNC2)n1. The molecule has 25 heavy (non-hydrogen) atoms. The van der Waals surface area contributed by atoms with Crippen molar-refractivity contribution in [1.29, 1.82) is 0 Å². The number of sulfonamides is 1. The summed E-state index contributed by atoms with van der Waals surface area (Å²) in [5.74, 6) is -0.384. The van der Waals surface area contributed by atoms with Crippen molar-refractivity contribution >= 4 is 27.3 Å². The third-order valence-corrected chi connectivity index (χ3v) is 4.55. The zero-order chi connectivity index (χ0) is 17.9. The van der Waals surface area contributed by atoms with Crippen LogP contribution in [-0.2, 0) is 10.0 Å². The van der Waals surface area contributed by atoms with Gasteiger partial charge in [0, 0.05) is 12.7 Å². The minimum Gasteiger partial charge on any atom is -0.319 e. The molecule has 0 aliphatic carbocycles. The predicted molar refractivity (Wildman–Crippen MR) is 96.2 cm³/mol. The van der Waals surface area contributed by atoms with Crippen LogP contribution in [0.4, 0.5) is 11.4 Å². The first-order valence-corrected chi connectivity index (χ1v) is 9.95. The summed E-state index contributed by atoms with van der Waals surface area (Å²) in [7, 11) is -3.44. The van der Waals surface area contributed by atoms with Gasteiger partial charge in [-0.25, -0.2) is 8.42 Å². The molecule has 1 fully saturated rings. The Labute approximate surface area is 146 Å². The number of carbonyl (C=O) groups excluding carboxylic acids is 1. The average molecular weight is 363 g/mol. The molecule has 2 aromatic rings. The Hall–Kier alpha value is -2.39. The molecule has 0 spiro atoms. The standard InChI is InChI=1S/C16H21N5O3S/c1-25(23,24)20-14-7-3-2-6-13(14)18-16(22)15-8-10-21(19-15)12-5-4-9-17-11-12/h2-3,6-8,10,12,17,20H,4-5,9,11H2,1H3,(H,18,22). The Morgan fingerprint density at radius 1 is 1.28 bits per heavy atom. The topological polar surface area (TPSA) is 105 Å². The molecule has 0 saturated carbocycles. The van der Waals surface area contributed by atoms with E-state index < -0.39 is 10.0 Å². The molecule has 1 amide bonds. The zero-order valence-electron chi connectivity index (χ0n) is 13.9. The van der Waals surface area contributed by atoms with E-state index >= 15 is 0 Å². The monoisotopic (exact) mass is 363 g/mol. The second-order valence-electron chi connectivity index (χ2n) is 6.06. The Morgan fingerprint density at radius 2 is 2.04 bits per heavy atom. The molecule has 1 aliphatic rings. The van der Waals surface area contributed by atoms with Crippen LogP contribution in [-0.4, -0.2) is 43.5 Å². The number of aromatic nitrogens is 2. The molecule has 0 bridgehead atoms. The average Bonchev–Trinajstić information content (AvgIpc) is 3.06. The Kier molecular flexibility index (Phi) is 5.05. The van der Waals surface area contributed by atoms with Crippen LogP contribution in [0.3, 0.4) is 0 Å². The van der Waals surface area contributed by atoms with Crippen LogP contribution in [0.2, 0.25) is 0 Å². The van der Waals surface area contributed by atoms with Crippen LogP contribution in [0.25, 0.3) is 0 Å². The van der Waals surface area contributed by atoms with Crippen LogP contribution < -0.4 is 15.4 Å². The summed E-state index contributed by atoms with van der Waals surface area (Å²) >= 11 is 0. The molecule has 2 heterocycles. The molecule has 0 radical (unpaired) electrons. The first-order chi connectivity index (χ1) is 11.9. The number of para-hydroxylation sites is 2. The number of anilines is 2. The fraction of sp³-hybridized carbons (Fsp3) is 0.375. The number of rotatable bonds is 5. The number of hydrogen-bond donors (Lipinski definition) is 3. The Bertz CT molecular complexity index is 856. The van der Waals surface area contributed by atoms with Crippen LogP contribution in [0.1, 0.15) is 29.4 Å². The second kappa shape index (κ2) is 7.24. The lowest BCUT2D eigenvalue weighted by Crippen LogP contribution is -2.32. The van der Waals surface area contributed by atoms with Crippen LogP contribution >= 0.6 is 0 Å². The third-order valence-electron chi connectivity index (χ3n) is 3.96. The van der Waals surface area contributed by atoms with Crippen molar-refractivity contribution in [3.05, 3.63) is 42.2 Å². The summed E-state index contributed by atoms with van der Waals surface area (Å²) < 4.78 is 27.1. The number of hydrogen-bond acceptors (Lipinski definition) is 5. The van der Waals surface area contributed by atoms with Crippen molar-refractivity contribution < 1.29 is 13.2 Å². The molecule has 1 aromatic heterocycles. The molecule has 8 nitrogen and oxygen atoms in total. The van der Waals surface area contributed by atoms with Crippen molar-refractivity contribution in [2.45, 2.75) is 18.9 Å². The summed E-state index contributed by atoms with van der Waals surface area (Å²) in [5.41, 5.74) is 0.987. The summed E-state index contributed by atoms with van der Waals surface area (Å²) in [5, 5.41) is 10.4. The third kappa shape index (κ3) is 4.58. The van der Waals surface area contributed by atoms with Crippen LogP contribution in [0, 0.1) is 0 Å². The molecule has 134 valence electrons. The van der Waals surface area contributed by atoms with Crippen molar-refractivity contribution in [3.63, 3.8) is 0 Å². The molecule has 3 rings (SSSR count). The van der Waals surface area contributed by atoms with Gasteiger partial charge in [0.25, 0.3) is 5.91 Å². The molecule has 1 saturated heterocycles. The van der Waals surface area contributed by atoms with E-state index in [1.807, 2.05) is 4.68 Å². The molecule has 1 aliphatic heterocycles. The second-order valence-corrected chi connectivity index (χ2v) is 7.80. The fourth-order valence-electron chi connectivity index (χ4n) is 2.79. The van der Waals surface area contributed by atoms with E-state index in [1.54, 1.807) is 36.5 Å². The zero-order valence-corrected chi connectivity index (χ0v) is 14.7. The Balaban J connectivity index is 1.74. The lowest BCUT2D eigenvalue weighted by Gasteiger charge is -2.22. The first-order valence-electron chi connectivity index (χ1n) is 8.06. The number of benzene rings is 1. The van der Waals surface area contributed by atoms with E-state index in [-0.39, 0.29) is 11.9 Å². The van der Waals surface area contributed by atoms with E-state index in [4.69, 9.17) is 0 Å². The number of nitrogens with zero attached hydrogens (tertiary/aromatic N) is 2. The van der Waals surface area contributed by atoms with Crippen molar-refractivity contribution in [1.82, 2.24) is 15.1 Å². The molecule has 1 unspecified atom stereocenters. The quantitative estimate of drug-likeness (QED) is 0.745. The summed E-state index contributed by atoms with van der Waals surface area (Å²) in [6.07, 6.45) is 4.96. The number of amides is 1. The van der Waals surface area contributed by atoms with E-state index in [0.29, 0.717) is 17.1 Å². The van der Waals surface area contributed by atoms with E-state index in [1.165, 1.54) is 0 Å². The molecule has 3 N–H and O–H groups in total. The largest absolute Gasteiger partial charge is 0.319 e. The lowest BCUT2D eigenvalue weighted by atomic mass is 10.1. The van der Waals surface area contributed by atoms with E-state index in [2.05, 4.69) is 20.5 Å². The van der Waals surface area contributed by atoms with Gasteiger partial charge in [0.2, 0.25) is 10.0 Å².